The molecule has 5 nitrogen and oxygen atoms in total. The molecule has 2 aromatic rings. The van der Waals surface area contributed by atoms with Crippen LogP contribution in [0.25, 0.3) is 11.5 Å². The number of rotatable bonds is 5. The van der Waals surface area contributed by atoms with Gasteiger partial charge in [-0.05, 0) is 63.0 Å². The summed E-state index contributed by atoms with van der Waals surface area (Å²) >= 11 is 0. The molecule has 0 radical (unpaired) electrons. The lowest BCUT2D eigenvalue weighted by Gasteiger charge is -2.20. The summed E-state index contributed by atoms with van der Waals surface area (Å²) in [6, 6.07) is 7.75. The summed E-state index contributed by atoms with van der Waals surface area (Å²) < 4.78 is 10.8. The Labute approximate surface area is 124 Å². The minimum absolute atomic E-state index is 0.580. The van der Waals surface area contributed by atoms with Gasteiger partial charge in [-0.2, -0.15) is 4.98 Å². The van der Waals surface area contributed by atoms with E-state index in [0.29, 0.717) is 18.4 Å². The van der Waals surface area contributed by atoms with Gasteiger partial charge in [0.15, 0.2) is 5.82 Å². The van der Waals surface area contributed by atoms with Crippen molar-refractivity contribution in [3.63, 3.8) is 0 Å². The van der Waals surface area contributed by atoms with Gasteiger partial charge in [-0.25, -0.2) is 0 Å². The Morgan fingerprint density at radius 1 is 1.33 bits per heavy atom. The predicted molar refractivity (Wildman–Crippen MR) is 80.2 cm³/mol. The Hall–Kier alpha value is -1.88. The molecule has 0 amide bonds. The number of ether oxygens (including phenoxy) is 1. The first kappa shape index (κ1) is 14.1. The number of benzene rings is 1. The van der Waals surface area contributed by atoms with E-state index >= 15 is 0 Å². The number of hydrogen-bond acceptors (Lipinski definition) is 5. The van der Waals surface area contributed by atoms with Gasteiger partial charge in [0.05, 0.1) is 6.61 Å². The van der Waals surface area contributed by atoms with Gasteiger partial charge in [-0.15, -0.1) is 0 Å². The Kier molecular flexibility index (Phi) is 4.50. The fraction of sp³-hybridized carbons (Fsp3) is 0.500. The molecule has 1 aliphatic heterocycles. The zero-order valence-electron chi connectivity index (χ0n) is 12.3. The molecule has 0 spiro atoms. The van der Waals surface area contributed by atoms with E-state index in [0.717, 1.165) is 36.6 Å². The summed E-state index contributed by atoms with van der Waals surface area (Å²) in [5.41, 5.74) is 0.930. The first-order valence-electron chi connectivity index (χ1n) is 7.61. The third-order valence-corrected chi connectivity index (χ3v) is 3.75. The van der Waals surface area contributed by atoms with Gasteiger partial charge >= 0.3 is 0 Å². The van der Waals surface area contributed by atoms with E-state index in [2.05, 4.69) is 15.5 Å². The highest BCUT2D eigenvalue weighted by Crippen LogP contribution is 2.22. The van der Waals surface area contributed by atoms with E-state index in [-0.39, 0.29) is 0 Å². The molecule has 3 rings (SSSR count). The molecule has 0 bridgehead atoms. The maximum Gasteiger partial charge on any atom is 0.257 e. The SMILES string of the molecule is CCOc1ccc(-c2nc(CC3CCCNC3)no2)cc1. The van der Waals surface area contributed by atoms with Crippen molar-refractivity contribution in [3.8, 4) is 17.2 Å². The highest BCUT2D eigenvalue weighted by molar-refractivity contribution is 5.54. The maximum absolute atomic E-state index is 5.43. The molecule has 1 atom stereocenters. The summed E-state index contributed by atoms with van der Waals surface area (Å²) in [6.07, 6.45) is 3.35. The quantitative estimate of drug-likeness (QED) is 0.916. The van der Waals surface area contributed by atoms with Crippen molar-refractivity contribution in [2.75, 3.05) is 19.7 Å². The van der Waals surface area contributed by atoms with Crippen molar-refractivity contribution in [2.24, 2.45) is 5.92 Å². The molecule has 1 aromatic carbocycles. The average molecular weight is 287 g/mol. The standard InChI is InChI=1S/C16H21N3O2/c1-2-20-14-7-5-13(6-8-14)16-18-15(19-21-16)10-12-4-3-9-17-11-12/h5-8,12,17H,2-4,9-11H2,1H3. The second-order valence-corrected chi connectivity index (χ2v) is 5.39. The van der Waals surface area contributed by atoms with E-state index in [1.54, 1.807) is 0 Å². The van der Waals surface area contributed by atoms with Gasteiger partial charge < -0.3 is 14.6 Å². The van der Waals surface area contributed by atoms with Crippen LogP contribution in [0.3, 0.4) is 0 Å². The van der Waals surface area contributed by atoms with Gasteiger partial charge in [0.25, 0.3) is 5.89 Å². The molecular weight excluding hydrogens is 266 g/mol. The lowest BCUT2D eigenvalue weighted by atomic mass is 9.96. The second-order valence-electron chi connectivity index (χ2n) is 5.39. The van der Waals surface area contributed by atoms with E-state index < -0.39 is 0 Å². The minimum Gasteiger partial charge on any atom is -0.494 e. The number of piperidine rings is 1. The third kappa shape index (κ3) is 3.61. The molecular formula is C16H21N3O2. The number of nitrogens with zero attached hydrogens (tertiary/aromatic N) is 2. The van der Waals surface area contributed by atoms with E-state index in [4.69, 9.17) is 9.26 Å². The van der Waals surface area contributed by atoms with E-state index in [9.17, 15) is 0 Å². The molecule has 0 saturated carbocycles. The van der Waals surface area contributed by atoms with Gasteiger partial charge in [0, 0.05) is 12.0 Å². The van der Waals surface area contributed by atoms with Gasteiger partial charge in [-0.3, -0.25) is 0 Å². The van der Waals surface area contributed by atoms with Crippen LogP contribution in [0.1, 0.15) is 25.6 Å². The number of aromatic nitrogens is 2. The van der Waals surface area contributed by atoms with Gasteiger partial charge in [0.1, 0.15) is 5.75 Å². The minimum atomic E-state index is 0.580. The van der Waals surface area contributed by atoms with Crippen LogP contribution in [0.15, 0.2) is 28.8 Å². The van der Waals surface area contributed by atoms with Gasteiger partial charge in [-0.1, -0.05) is 5.16 Å². The molecule has 1 aliphatic rings. The fourth-order valence-corrected chi connectivity index (χ4v) is 2.67. The lowest BCUT2D eigenvalue weighted by Crippen LogP contribution is -2.31. The fourth-order valence-electron chi connectivity index (χ4n) is 2.67. The van der Waals surface area contributed by atoms with Crippen LogP contribution < -0.4 is 10.1 Å². The Morgan fingerprint density at radius 3 is 2.90 bits per heavy atom. The van der Waals surface area contributed by atoms with E-state index in [1.807, 2.05) is 31.2 Å². The lowest BCUT2D eigenvalue weighted by molar-refractivity contribution is 0.340. The molecule has 1 fully saturated rings. The summed E-state index contributed by atoms with van der Waals surface area (Å²) in [4.78, 5) is 4.50. The van der Waals surface area contributed by atoms with Crippen molar-refractivity contribution >= 4 is 0 Å². The molecule has 1 aromatic heterocycles. The van der Waals surface area contributed by atoms with Crippen LogP contribution in [0, 0.1) is 5.92 Å². The molecule has 112 valence electrons. The van der Waals surface area contributed by atoms with Crippen LogP contribution in [-0.2, 0) is 6.42 Å². The molecule has 1 N–H and O–H groups in total. The smallest absolute Gasteiger partial charge is 0.257 e. The summed E-state index contributed by atoms with van der Waals surface area (Å²) in [5, 5.41) is 7.51. The molecule has 0 aliphatic carbocycles. The van der Waals surface area contributed by atoms with Crippen molar-refractivity contribution < 1.29 is 9.26 Å². The van der Waals surface area contributed by atoms with Gasteiger partial charge in [0.2, 0.25) is 0 Å². The van der Waals surface area contributed by atoms with Crippen LogP contribution in [0.5, 0.6) is 5.75 Å². The predicted octanol–water partition coefficient (Wildman–Crippen LogP) is 2.68. The largest absolute Gasteiger partial charge is 0.494 e. The van der Waals surface area contributed by atoms with Crippen molar-refractivity contribution in [2.45, 2.75) is 26.2 Å². The normalized spacial score (nSPS) is 18.6. The molecule has 2 heterocycles. The van der Waals surface area contributed by atoms with Crippen LogP contribution in [-0.4, -0.2) is 29.8 Å². The number of hydrogen-bond donors (Lipinski definition) is 1. The molecule has 1 unspecified atom stereocenters. The summed E-state index contributed by atoms with van der Waals surface area (Å²) in [6.45, 7) is 4.81. The van der Waals surface area contributed by atoms with Crippen LogP contribution in [0.2, 0.25) is 0 Å². The molecule has 1 saturated heterocycles. The highest BCUT2D eigenvalue weighted by atomic mass is 16.5. The number of nitrogens with one attached hydrogen (secondary N) is 1. The molecule has 5 heteroatoms. The second kappa shape index (κ2) is 6.72. The zero-order valence-corrected chi connectivity index (χ0v) is 12.3. The first-order valence-corrected chi connectivity index (χ1v) is 7.61. The highest BCUT2D eigenvalue weighted by Gasteiger charge is 2.17. The zero-order chi connectivity index (χ0) is 14.5. The van der Waals surface area contributed by atoms with Crippen LogP contribution in [0.4, 0.5) is 0 Å². The summed E-state index contributed by atoms with van der Waals surface area (Å²) in [5.74, 6) is 2.85. The van der Waals surface area contributed by atoms with Crippen LogP contribution >= 0.6 is 0 Å². The topological polar surface area (TPSA) is 60.2 Å². The van der Waals surface area contributed by atoms with Crippen molar-refractivity contribution in [3.05, 3.63) is 30.1 Å². The monoisotopic (exact) mass is 287 g/mol. The summed E-state index contributed by atoms with van der Waals surface area (Å²) in [7, 11) is 0. The Morgan fingerprint density at radius 2 is 2.19 bits per heavy atom. The van der Waals surface area contributed by atoms with Crippen molar-refractivity contribution in [1.29, 1.82) is 0 Å². The maximum atomic E-state index is 5.43. The molecule has 21 heavy (non-hydrogen) atoms. The van der Waals surface area contributed by atoms with Crippen molar-refractivity contribution in [1.82, 2.24) is 15.5 Å². The first-order chi connectivity index (χ1) is 10.3. The third-order valence-electron chi connectivity index (χ3n) is 3.75. The Bertz CT molecular complexity index is 559. The van der Waals surface area contributed by atoms with E-state index in [1.165, 1.54) is 12.8 Å². The Balaban J connectivity index is 1.66. The average Bonchev–Trinajstić information content (AvgIpc) is 2.98.